The number of esters is 1. The first-order valence-corrected chi connectivity index (χ1v) is 9.63. The molecule has 1 aliphatic heterocycles. The van der Waals surface area contributed by atoms with E-state index in [9.17, 15) is 14.0 Å². The lowest BCUT2D eigenvalue weighted by molar-refractivity contribution is 0.0600. The van der Waals surface area contributed by atoms with Gasteiger partial charge in [0.05, 0.1) is 31.8 Å². The normalized spacial score (nSPS) is 15.2. The second kappa shape index (κ2) is 8.47. The summed E-state index contributed by atoms with van der Waals surface area (Å²) in [6, 6.07) is 9.80. The van der Waals surface area contributed by atoms with Crippen LogP contribution in [-0.2, 0) is 11.2 Å². The van der Waals surface area contributed by atoms with Crippen molar-refractivity contribution in [1.82, 2.24) is 14.9 Å². The summed E-state index contributed by atoms with van der Waals surface area (Å²) in [6.45, 7) is 0.355. The number of halogens is 1. The Morgan fingerprint density at radius 2 is 2.06 bits per heavy atom. The Labute approximate surface area is 178 Å². The van der Waals surface area contributed by atoms with Crippen molar-refractivity contribution in [3.05, 3.63) is 77.1 Å². The summed E-state index contributed by atoms with van der Waals surface area (Å²) in [5.74, 6) is -0.617. The highest BCUT2D eigenvalue weighted by Gasteiger charge is 2.35. The van der Waals surface area contributed by atoms with E-state index in [2.05, 4.69) is 15.3 Å². The predicted octanol–water partition coefficient (Wildman–Crippen LogP) is 3.52. The van der Waals surface area contributed by atoms with E-state index in [1.165, 1.54) is 31.3 Å². The van der Waals surface area contributed by atoms with Crippen LogP contribution in [0.1, 0.15) is 33.4 Å². The van der Waals surface area contributed by atoms with Gasteiger partial charge in [-0.15, -0.1) is 0 Å². The first-order valence-electron chi connectivity index (χ1n) is 9.63. The number of aromatic amines is 1. The highest BCUT2D eigenvalue weighted by molar-refractivity contribution is 5.94. The van der Waals surface area contributed by atoms with Crippen LogP contribution in [0.15, 0.2) is 48.8 Å². The molecule has 2 amide bonds. The second-order valence-electron chi connectivity index (χ2n) is 7.00. The molecule has 3 aromatic rings. The molecule has 9 heteroatoms. The Morgan fingerprint density at radius 1 is 1.23 bits per heavy atom. The lowest BCUT2D eigenvalue weighted by atomic mass is 9.95. The first-order chi connectivity index (χ1) is 15.0. The molecular formula is C22H21FN4O4. The van der Waals surface area contributed by atoms with Gasteiger partial charge in [-0.25, -0.2) is 19.0 Å². The number of rotatable bonds is 4. The Balaban J connectivity index is 1.66. The number of aromatic nitrogens is 2. The van der Waals surface area contributed by atoms with Crippen LogP contribution in [-0.4, -0.2) is 47.6 Å². The number of nitrogens with zero attached hydrogens (tertiary/aromatic N) is 2. The highest BCUT2D eigenvalue weighted by Crippen LogP contribution is 2.36. The van der Waals surface area contributed by atoms with E-state index in [0.717, 1.165) is 5.69 Å². The average Bonchev–Trinajstić information content (AvgIpc) is 3.27. The van der Waals surface area contributed by atoms with Crippen LogP contribution in [0.25, 0.3) is 0 Å². The summed E-state index contributed by atoms with van der Waals surface area (Å²) in [5.41, 5.74) is 2.50. The number of ether oxygens (including phenoxy) is 2. The molecule has 31 heavy (non-hydrogen) atoms. The Bertz CT molecular complexity index is 1130. The van der Waals surface area contributed by atoms with Crippen LogP contribution in [0.3, 0.4) is 0 Å². The third-order valence-electron chi connectivity index (χ3n) is 5.22. The molecule has 2 heterocycles. The maximum Gasteiger partial charge on any atom is 0.337 e. The van der Waals surface area contributed by atoms with Crippen molar-refractivity contribution in [3.63, 3.8) is 0 Å². The number of anilines is 1. The van der Waals surface area contributed by atoms with Gasteiger partial charge >= 0.3 is 12.0 Å². The van der Waals surface area contributed by atoms with Gasteiger partial charge in [0.2, 0.25) is 0 Å². The minimum atomic E-state index is -0.718. The number of urea groups is 1. The lowest BCUT2D eigenvalue weighted by Gasteiger charge is -2.35. The van der Waals surface area contributed by atoms with Crippen LogP contribution < -0.4 is 10.1 Å². The van der Waals surface area contributed by atoms with Gasteiger partial charge in [-0.3, -0.25) is 0 Å². The number of fused-ring (bicyclic) bond motifs is 1. The van der Waals surface area contributed by atoms with Crippen molar-refractivity contribution in [2.24, 2.45) is 0 Å². The van der Waals surface area contributed by atoms with Gasteiger partial charge in [-0.2, -0.15) is 0 Å². The molecule has 0 spiro atoms. The van der Waals surface area contributed by atoms with Crippen molar-refractivity contribution in [3.8, 4) is 5.75 Å². The molecule has 0 saturated carbocycles. The second-order valence-corrected chi connectivity index (χ2v) is 7.00. The number of hydrogen-bond acceptors (Lipinski definition) is 5. The summed E-state index contributed by atoms with van der Waals surface area (Å²) in [5, 5.41) is 2.79. The maximum atomic E-state index is 14.9. The van der Waals surface area contributed by atoms with Crippen LogP contribution in [0, 0.1) is 5.82 Å². The van der Waals surface area contributed by atoms with Gasteiger partial charge in [-0.05, 0) is 30.3 Å². The average molecular weight is 424 g/mol. The monoisotopic (exact) mass is 424 g/mol. The fourth-order valence-electron chi connectivity index (χ4n) is 3.70. The Hall–Kier alpha value is -3.88. The van der Waals surface area contributed by atoms with Gasteiger partial charge in [-0.1, -0.05) is 6.07 Å². The molecular weight excluding hydrogens is 403 g/mol. The summed E-state index contributed by atoms with van der Waals surface area (Å²) < 4.78 is 24.8. The SMILES string of the molecule is COC(=O)c1cccc(NC(=O)N2CCc3[nH]cnc3[C@H]2c2ccc(OC)cc2F)c1. The van der Waals surface area contributed by atoms with Gasteiger partial charge in [0.25, 0.3) is 0 Å². The zero-order valence-electron chi connectivity index (χ0n) is 17.0. The number of benzene rings is 2. The van der Waals surface area contributed by atoms with E-state index in [0.29, 0.717) is 41.2 Å². The van der Waals surface area contributed by atoms with E-state index in [4.69, 9.17) is 9.47 Å². The van der Waals surface area contributed by atoms with Crippen molar-refractivity contribution in [2.45, 2.75) is 12.5 Å². The minimum Gasteiger partial charge on any atom is -0.497 e. The quantitative estimate of drug-likeness (QED) is 0.625. The summed E-state index contributed by atoms with van der Waals surface area (Å²) in [6.07, 6.45) is 2.10. The zero-order valence-corrected chi connectivity index (χ0v) is 17.0. The third-order valence-corrected chi connectivity index (χ3v) is 5.22. The molecule has 1 atom stereocenters. The molecule has 8 nitrogen and oxygen atoms in total. The molecule has 0 bridgehead atoms. The van der Waals surface area contributed by atoms with E-state index in [1.807, 2.05) is 0 Å². The first kappa shape index (κ1) is 20.4. The molecule has 1 aromatic heterocycles. The number of H-pyrrole nitrogens is 1. The molecule has 0 fully saturated rings. The van der Waals surface area contributed by atoms with E-state index >= 15 is 0 Å². The van der Waals surface area contributed by atoms with Crippen molar-refractivity contribution in [1.29, 1.82) is 0 Å². The largest absolute Gasteiger partial charge is 0.497 e. The highest BCUT2D eigenvalue weighted by atomic mass is 19.1. The number of amides is 2. The third kappa shape index (κ3) is 3.94. The van der Waals surface area contributed by atoms with Gasteiger partial charge in [0.1, 0.15) is 17.6 Å². The number of carbonyl (C=O) groups is 2. The van der Waals surface area contributed by atoms with Crippen LogP contribution in [0.4, 0.5) is 14.9 Å². The number of hydrogen-bond donors (Lipinski definition) is 2. The topological polar surface area (TPSA) is 96.6 Å². The van der Waals surface area contributed by atoms with Crippen LogP contribution in [0.2, 0.25) is 0 Å². The molecule has 0 saturated heterocycles. The smallest absolute Gasteiger partial charge is 0.337 e. The van der Waals surface area contributed by atoms with Crippen LogP contribution >= 0.6 is 0 Å². The number of imidazole rings is 1. The minimum absolute atomic E-state index is 0.311. The maximum absolute atomic E-state index is 14.9. The molecule has 2 aromatic carbocycles. The number of methoxy groups -OCH3 is 2. The molecule has 1 aliphatic rings. The van der Waals surface area contributed by atoms with Gasteiger partial charge in [0, 0.05) is 36.0 Å². The molecule has 0 radical (unpaired) electrons. The summed E-state index contributed by atoms with van der Waals surface area (Å²) in [7, 11) is 2.75. The van der Waals surface area contributed by atoms with Crippen molar-refractivity contribution >= 4 is 17.7 Å². The van der Waals surface area contributed by atoms with Gasteiger partial charge < -0.3 is 24.7 Å². The van der Waals surface area contributed by atoms with Crippen LogP contribution in [0.5, 0.6) is 5.75 Å². The zero-order chi connectivity index (χ0) is 22.0. The Kier molecular flexibility index (Phi) is 5.57. The predicted molar refractivity (Wildman–Crippen MR) is 111 cm³/mol. The van der Waals surface area contributed by atoms with Gasteiger partial charge in [0.15, 0.2) is 0 Å². The molecule has 160 valence electrons. The molecule has 4 rings (SSSR count). The summed E-state index contributed by atoms with van der Waals surface area (Å²) >= 11 is 0. The van der Waals surface area contributed by atoms with E-state index in [-0.39, 0.29) is 0 Å². The molecule has 2 N–H and O–H groups in total. The number of nitrogens with one attached hydrogen (secondary N) is 2. The number of carbonyl (C=O) groups excluding carboxylic acids is 2. The molecule has 0 aliphatic carbocycles. The van der Waals surface area contributed by atoms with Crippen molar-refractivity contribution in [2.75, 3.05) is 26.1 Å². The fourth-order valence-corrected chi connectivity index (χ4v) is 3.70. The summed E-state index contributed by atoms with van der Waals surface area (Å²) in [4.78, 5) is 33.9. The van der Waals surface area contributed by atoms with E-state index < -0.39 is 23.9 Å². The lowest BCUT2D eigenvalue weighted by Crippen LogP contribution is -2.43. The fraction of sp³-hybridized carbons (Fsp3) is 0.227. The van der Waals surface area contributed by atoms with E-state index in [1.54, 1.807) is 36.7 Å². The molecule has 0 unspecified atom stereocenters. The Morgan fingerprint density at radius 3 is 2.81 bits per heavy atom. The van der Waals surface area contributed by atoms with Crippen molar-refractivity contribution < 1.29 is 23.5 Å². The standard InChI is InChI=1S/C22H21FN4O4/c1-30-15-6-7-16(17(23)11-15)20-19-18(24-12-25-19)8-9-27(20)22(29)26-14-5-3-4-13(10-14)21(28)31-2/h3-7,10-12,20H,8-9H2,1-2H3,(H,24,25)(H,26,29)/t20-/m1/s1.